The number of anilines is 2. The zero-order valence-corrected chi connectivity index (χ0v) is 16.3. The predicted molar refractivity (Wildman–Crippen MR) is 116 cm³/mol. The first-order valence-corrected chi connectivity index (χ1v) is 9.46. The van der Waals surface area contributed by atoms with E-state index in [2.05, 4.69) is 10.6 Å². The van der Waals surface area contributed by atoms with Crippen LogP contribution in [-0.2, 0) is 11.4 Å². The molecule has 4 rings (SSSR count). The van der Waals surface area contributed by atoms with E-state index in [1.807, 2.05) is 42.5 Å². The van der Waals surface area contributed by atoms with E-state index in [-0.39, 0.29) is 24.2 Å². The minimum Gasteiger partial charge on any atom is -0.486 e. The maximum Gasteiger partial charge on any atom is 0.291 e. The van der Waals surface area contributed by atoms with Crippen molar-refractivity contribution in [2.75, 3.05) is 10.6 Å². The van der Waals surface area contributed by atoms with Gasteiger partial charge in [0.2, 0.25) is 5.91 Å². The van der Waals surface area contributed by atoms with Crippen molar-refractivity contribution in [3.8, 4) is 5.75 Å². The van der Waals surface area contributed by atoms with Crippen LogP contribution in [0, 0.1) is 0 Å². The van der Waals surface area contributed by atoms with E-state index in [1.54, 1.807) is 36.4 Å². The summed E-state index contributed by atoms with van der Waals surface area (Å²) >= 11 is 0. The standard InChI is InChI=1S/C24H20N2O4/c1-16(27)25-19-7-4-8-20(14-19)26-24(28)23-12-11-22(30-23)15-29-21-10-9-17-5-2-3-6-18(17)13-21/h2-14H,15H2,1H3,(H,25,27)(H,26,28). The van der Waals surface area contributed by atoms with Crippen molar-refractivity contribution in [1.82, 2.24) is 0 Å². The molecule has 0 saturated carbocycles. The van der Waals surface area contributed by atoms with Gasteiger partial charge < -0.3 is 19.8 Å². The quantitative estimate of drug-likeness (QED) is 0.465. The van der Waals surface area contributed by atoms with Crippen LogP contribution in [0.5, 0.6) is 5.75 Å². The van der Waals surface area contributed by atoms with Crippen LogP contribution < -0.4 is 15.4 Å². The third kappa shape index (κ3) is 4.67. The summed E-state index contributed by atoms with van der Waals surface area (Å²) in [5.41, 5.74) is 1.15. The Morgan fingerprint density at radius 2 is 1.60 bits per heavy atom. The number of ether oxygens (including phenoxy) is 1. The number of fused-ring (bicyclic) bond motifs is 1. The Labute approximate surface area is 173 Å². The fourth-order valence-electron chi connectivity index (χ4n) is 3.06. The van der Waals surface area contributed by atoms with Crippen LogP contribution in [0.25, 0.3) is 10.8 Å². The first kappa shape index (κ1) is 19.3. The van der Waals surface area contributed by atoms with Crippen molar-refractivity contribution in [2.24, 2.45) is 0 Å². The molecule has 30 heavy (non-hydrogen) atoms. The summed E-state index contributed by atoms with van der Waals surface area (Å²) < 4.78 is 11.4. The van der Waals surface area contributed by atoms with E-state index < -0.39 is 0 Å². The number of hydrogen-bond donors (Lipinski definition) is 2. The molecule has 2 N–H and O–H groups in total. The fraction of sp³-hybridized carbons (Fsp3) is 0.0833. The third-order valence-corrected chi connectivity index (χ3v) is 4.43. The van der Waals surface area contributed by atoms with Crippen molar-refractivity contribution in [2.45, 2.75) is 13.5 Å². The van der Waals surface area contributed by atoms with E-state index in [0.29, 0.717) is 17.1 Å². The topological polar surface area (TPSA) is 80.6 Å². The average molecular weight is 400 g/mol. The molecule has 0 aliphatic carbocycles. The number of benzene rings is 3. The summed E-state index contributed by atoms with van der Waals surface area (Å²) in [6.07, 6.45) is 0. The number of hydrogen-bond acceptors (Lipinski definition) is 4. The normalized spacial score (nSPS) is 10.6. The zero-order valence-electron chi connectivity index (χ0n) is 16.3. The molecule has 0 atom stereocenters. The molecule has 0 aliphatic heterocycles. The number of amides is 2. The van der Waals surface area contributed by atoms with Gasteiger partial charge in [0.1, 0.15) is 18.1 Å². The van der Waals surface area contributed by atoms with E-state index in [9.17, 15) is 9.59 Å². The number of carbonyl (C=O) groups excluding carboxylic acids is 2. The summed E-state index contributed by atoms with van der Waals surface area (Å²) in [6.45, 7) is 1.64. The van der Waals surface area contributed by atoms with Crippen molar-refractivity contribution in [1.29, 1.82) is 0 Å². The Morgan fingerprint density at radius 3 is 2.40 bits per heavy atom. The van der Waals surface area contributed by atoms with Gasteiger partial charge in [-0.05, 0) is 53.2 Å². The third-order valence-electron chi connectivity index (χ3n) is 4.43. The molecule has 0 radical (unpaired) electrons. The average Bonchev–Trinajstić information content (AvgIpc) is 3.21. The molecule has 0 fully saturated rings. The molecule has 0 spiro atoms. The Hall–Kier alpha value is -4.06. The predicted octanol–water partition coefficient (Wildman–Crippen LogP) is 5.22. The van der Waals surface area contributed by atoms with Gasteiger partial charge in [-0.25, -0.2) is 0 Å². The molecule has 6 nitrogen and oxygen atoms in total. The van der Waals surface area contributed by atoms with E-state index in [0.717, 1.165) is 16.5 Å². The van der Waals surface area contributed by atoms with Gasteiger partial charge in [0, 0.05) is 18.3 Å². The molecule has 150 valence electrons. The molecule has 0 saturated heterocycles. The van der Waals surface area contributed by atoms with Gasteiger partial charge in [0.15, 0.2) is 5.76 Å². The SMILES string of the molecule is CC(=O)Nc1cccc(NC(=O)c2ccc(COc3ccc4ccccc4c3)o2)c1. The van der Waals surface area contributed by atoms with Crippen LogP contribution in [0.1, 0.15) is 23.2 Å². The molecule has 0 aliphatic rings. The second kappa shape index (κ2) is 8.53. The second-order valence-corrected chi connectivity index (χ2v) is 6.78. The highest BCUT2D eigenvalue weighted by Gasteiger charge is 2.12. The molecule has 0 bridgehead atoms. The van der Waals surface area contributed by atoms with E-state index in [4.69, 9.17) is 9.15 Å². The summed E-state index contributed by atoms with van der Waals surface area (Å²) in [7, 11) is 0. The maximum atomic E-state index is 12.4. The molecule has 4 aromatic rings. The molecule has 6 heteroatoms. The molecular formula is C24H20N2O4. The van der Waals surface area contributed by atoms with Crippen LogP contribution in [0.2, 0.25) is 0 Å². The summed E-state index contributed by atoms with van der Waals surface area (Å²) in [4.78, 5) is 23.6. The highest BCUT2D eigenvalue weighted by molar-refractivity contribution is 6.02. The lowest BCUT2D eigenvalue weighted by molar-refractivity contribution is -0.114. The smallest absolute Gasteiger partial charge is 0.291 e. The highest BCUT2D eigenvalue weighted by atomic mass is 16.5. The van der Waals surface area contributed by atoms with Gasteiger partial charge in [0.05, 0.1) is 0 Å². The fourth-order valence-corrected chi connectivity index (χ4v) is 3.06. The number of rotatable bonds is 6. The molecule has 1 heterocycles. The van der Waals surface area contributed by atoms with Crippen LogP contribution in [-0.4, -0.2) is 11.8 Å². The van der Waals surface area contributed by atoms with Crippen LogP contribution in [0.15, 0.2) is 83.3 Å². The van der Waals surface area contributed by atoms with Crippen molar-refractivity contribution in [3.05, 3.63) is 90.4 Å². The number of furan rings is 1. The highest BCUT2D eigenvalue weighted by Crippen LogP contribution is 2.22. The Kier molecular flexibility index (Phi) is 5.48. The van der Waals surface area contributed by atoms with Gasteiger partial charge in [-0.15, -0.1) is 0 Å². The van der Waals surface area contributed by atoms with Gasteiger partial charge in [0.25, 0.3) is 5.91 Å². The molecular weight excluding hydrogens is 380 g/mol. The summed E-state index contributed by atoms with van der Waals surface area (Å²) in [6, 6.07) is 24.1. The van der Waals surface area contributed by atoms with E-state index >= 15 is 0 Å². The largest absolute Gasteiger partial charge is 0.486 e. The molecule has 1 aromatic heterocycles. The number of nitrogens with one attached hydrogen (secondary N) is 2. The van der Waals surface area contributed by atoms with Gasteiger partial charge in [-0.2, -0.15) is 0 Å². The Morgan fingerprint density at radius 1 is 0.833 bits per heavy atom. The van der Waals surface area contributed by atoms with Crippen molar-refractivity contribution < 1.29 is 18.7 Å². The van der Waals surface area contributed by atoms with Crippen LogP contribution in [0.4, 0.5) is 11.4 Å². The molecule has 3 aromatic carbocycles. The van der Waals surface area contributed by atoms with Gasteiger partial charge >= 0.3 is 0 Å². The lowest BCUT2D eigenvalue weighted by Gasteiger charge is -2.07. The Bertz CT molecular complexity index is 1210. The lowest BCUT2D eigenvalue weighted by Crippen LogP contribution is -2.11. The maximum absolute atomic E-state index is 12.4. The first-order chi connectivity index (χ1) is 14.6. The van der Waals surface area contributed by atoms with Crippen LogP contribution in [0.3, 0.4) is 0 Å². The van der Waals surface area contributed by atoms with Gasteiger partial charge in [-0.3, -0.25) is 9.59 Å². The lowest BCUT2D eigenvalue weighted by atomic mass is 10.1. The Balaban J connectivity index is 1.38. The van der Waals surface area contributed by atoms with Gasteiger partial charge in [-0.1, -0.05) is 36.4 Å². The summed E-state index contributed by atoms with van der Waals surface area (Å²) in [5.74, 6) is 0.885. The van der Waals surface area contributed by atoms with E-state index in [1.165, 1.54) is 6.92 Å². The minimum absolute atomic E-state index is 0.178. The van der Waals surface area contributed by atoms with Crippen molar-refractivity contribution >= 4 is 34.0 Å². The van der Waals surface area contributed by atoms with Crippen LogP contribution >= 0.6 is 0 Å². The molecule has 2 amide bonds. The van der Waals surface area contributed by atoms with Crippen molar-refractivity contribution in [3.63, 3.8) is 0 Å². The number of carbonyl (C=O) groups is 2. The second-order valence-electron chi connectivity index (χ2n) is 6.78. The summed E-state index contributed by atoms with van der Waals surface area (Å²) in [5, 5.41) is 7.67. The first-order valence-electron chi connectivity index (χ1n) is 9.46. The minimum atomic E-state index is -0.382. The molecule has 0 unspecified atom stereocenters. The zero-order chi connectivity index (χ0) is 20.9. The monoisotopic (exact) mass is 400 g/mol.